The largest absolute Gasteiger partial charge is 0.350 e. The zero-order valence-corrected chi connectivity index (χ0v) is 20.7. The van der Waals surface area contributed by atoms with E-state index in [1.54, 1.807) is 6.08 Å². The molecule has 1 aromatic carbocycles. The second-order valence-corrected chi connectivity index (χ2v) is 11.5. The van der Waals surface area contributed by atoms with Crippen LogP contribution in [-0.2, 0) is 19.6 Å². The topological polar surface area (TPSA) is 108 Å². The van der Waals surface area contributed by atoms with Gasteiger partial charge in [0, 0.05) is 31.3 Å². The first-order chi connectivity index (χ1) is 16.2. The second-order valence-electron chi connectivity index (χ2n) is 9.65. The van der Waals surface area contributed by atoms with E-state index < -0.39 is 15.6 Å². The second kappa shape index (κ2) is 10.00. The van der Waals surface area contributed by atoms with Crippen LogP contribution in [0.2, 0.25) is 0 Å². The standard InChI is InChI=1S/C25H34N4O4S/c1-18(26-19(2)30)21-10-8-20(9-11-21)12-17-34(32,33)29-15-13-25(14-16-29)24(31)27-23(28-25)22-6-4-3-5-7-22/h8-12,17-18,22H,3-7,13-16H2,1-2H3,(H,26,30)(H,27,28,31)/b17-12+. The summed E-state index contributed by atoms with van der Waals surface area (Å²) < 4.78 is 27.2. The van der Waals surface area contributed by atoms with Crippen molar-refractivity contribution in [2.75, 3.05) is 13.1 Å². The number of carbonyl (C=O) groups excluding carboxylic acids is 2. The van der Waals surface area contributed by atoms with Crippen LogP contribution in [0.15, 0.2) is 34.7 Å². The average molecular weight is 487 g/mol. The van der Waals surface area contributed by atoms with Crippen molar-refractivity contribution in [1.82, 2.24) is 14.9 Å². The van der Waals surface area contributed by atoms with Crippen molar-refractivity contribution in [1.29, 1.82) is 0 Å². The Labute approximate surface area is 201 Å². The minimum absolute atomic E-state index is 0.0748. The quantitative estimate of drug-likeness (QED) is 0.644. The third kappa shape index (κ3) is 5.41. The molecule has 4 rings (SSSR count). The van der Waals surface area contributed by atoms with Crippen molar-refractivity contribution in [3.8, 4) is 0 Å². The van der Waals surface area contributed by atoms with E-state index in [1.807, 2.05) is 31.2 Å². The predicted molar refractivity (Wildman–Crippen MR) is 132 cm³/mol. The van der Waals surface area contributed by atoms with Crippen LogP contribution in [0.4, 0.5) is 0 Å². The summed E-state index contributed by atoms with van der Waals surface area (Å²) in [5, 5.41) is 7.06. The van der Waals surface area contributed by atoms with E-state index >= 15 is 0 Å². The number of hydrogen-bond donors (Lipinski definition) is 2. The summed E-state index contributed by atoms with van der Waals surface area (Å²) in [5.74, 6) is 0.970. The molecule has 0 aromatic heterocycles. The van der Waals surface area contributed by atoms with E-state index in [-0.39, 0.29) is 30.9 Å². The van der Waals surface area contributed by atoms with Crippen LogP contribution < -0.4 is 10.6 Å². The number of sulfonamides is 1. The first kappa shape index (κ1) is 24.6. The molecule has 8 nitrogen and oxygen atoms in total. The molecule has 0 radical (unpaired) electrons. The summed E-state index contributed by atoms with van der Waals surface area (Å²) in [4.78, 5) is 28.8. The fourth-order valence-electron chi connectivity index (χ4n) is 5.10. The Morgan fingerprint density at radius 1 is 1.18 bits per heavy atom. The minimum atomic E-state index is -3.61. The Bertz CT molecular complexity index is 1080. The van der Waals surface area contributed by atoms with Gasteiger partial charge in [0.25, 0.3) is 5.91 Å². The average Bonchev–Trinajstić information content (AvgIpc) is 3.14. The van der Waals surface area contributed by atoms with Crippen molar-refractivity contribution in [2.45, 2.75) is 70.4 Å². The molecule has 2 heterocycles. The van der Waals surface area contributed by atoms with Gasteiger partial charge in [0.2, 0.25) is 15.9 Å². The fourth-order valence-corrected chi connectivity index (χ4v) is 6.29. The van der Waals surface area contributed by atoms with Crippen molar-refractivity contribution < 1.29 is 18.0 Å². The summed E-state index contributed by atoms with van der Waals surface area (Å²) in [6.07, 6.45) is 8.08. The van der Waals surface area contributed by atoms with Gasteiger partial charge in [-0.15, -0.1) is 0 Å². The molecular weight excluding hydrogens is 452 g/mol. The van der Waals surface area contributed by atoms with Crippen molar-refractivity contribution in [3.63, 3.8) is 0 Å². The van der Waals surface area contributed by atoms with Gasteiger partial charge in [-0.2, -0.15) is 4.31 Å². The lowest BCUT2D eigenvalue weighted by Crippen LogP contribution is -2.50. The van der Waals surface area contributed by atoms with Gasteiger partial charge in [0.1, 0.15) is 11.4 Å². The van der Waals surface area contributed by atoms with E-state index in [0.29, 0.717) is 18.8 Å². The van der Waals surface area contributed by atoms with Gasteiger partial charge in [0.05, 0.1) is 6.04 Å². The van der Waals surface area contributed by atoms with E-state index in [2.05, 4.69) is 10.6 Å². The van der Waals surface area contributed by atoms with Crippen molar-refractivity contribution >= 4 is 33.7 Å². The van der Waals surface area contributed by atoms with Crippen LogP contribution in [0, 0.1) is 5.92 Å². The Kier molecular flexibility index (Phi) is 7.23. The predicted octanol–water partition coefficient (Wildman–Crippen LogP) is 3.13. The molecule has 184 valence electrons. The zero-order chi connectivity index (χ0) is 24.3. The molecule has 34 heavy (non-hydrogen) atoms. The molecular formula is C25H34N4O4S. The highest BCUT2D eigenvalue weighted by Crippen LogP contribution is 2.35. The maximum atomic E-state index is 12.9. The molecule has 1 aromatic rings. The fraction of sp³-hybridized carbons (Fsp3) is 0.560. The summed E-state index contributed by atoms with van der Waals surface area (Å²) in [6, 6.07) is 7.29. The monoisotopic (exact) mass is 486 g/mol. The number of piperidine rings is 1. The summed E-state index contributed by atoms with van der Waals surface area (Å²) in [6.45, 7) is 3.91. The van der Waals surface area contributed by atoms with E-state index in [0.717, 1.165) is 29.8 Å². The molecule has 1 unspecified atom stereocenters. The number of amidine groups is 1. The highest BCUT2D eigenvalue weighted by atomic mass is 32.2. The van der Waals surface area contributed by atoms with E-state index in [9.17, 15) is 18.0 Å². The van der Waals surface area contributed by atoms with Gasteiger partial charge < -0.3 is 10.6 Å². The van der Waals surface area contributed by atoms with Gasteiger partial charge in [-0.1, -0.05) is 43.5 Å². The number of nitrogens with one attached hydrogen (secondary N) is 2. The maximum Gasteiger partial charge on any atom is 0.253 e. The van der Waals surface area contributed by atoms with Gasteiger partial charge in [-0.25, -0.2) is 8.42 Å². The number of carbonyl (C=O) groups is 2. The normalized spacial score (nSPS) is 22.5. The SMILES string of the molecule is CC(=O)NC(C)c1ccc(/C=C/S(=O)(=O)N2CCC3(CC2)N=C(C2CCCCC2)NC3=O)cc1. The van der Waals surface area contributed by atoms with Crippen molar-refractivity contribution in [3.05, 3.63) is 40.8 Å². The van der Waals surface area contributed by atoms with Gasteiger partial charge in [0.15, 0.2) is 0 Å². The number of hydrogen-bond acceptors (Lipinski definition) is 5. The lowest BCUT2D eigenvalue weighted by molar-refractivity contribution is -0.125. The molecule has 9 heteroatoms. The molecule has 2 amide bonds. The molecule has 3 aliphatic rings. The van der Waals surface area contributed by atoms with Crippen LogP contribution in [0.1, 0.15) is 76.0 Å². The molecule has 1 atom stereocenters. The van der Waals surface area contributed by atoms with Crippen LogP contribution in [-0.4, -0.2) is 49.0 Å². The maximum absolute atomic E-state index is 12.9. The van der Waals surface area contributed by atoms with E-state index in [1.165, 1.54) is 35.9 Å². The molecule has 2 fully saturated rings. The molecule has 1 spiro atoms. The Morgan fingerprint density at radius 3 is 2.44 bits per heavy atom. The molecule has 2 N–H and O–H groups in total. The molecule has 1 aliphatic carbocycles. The van der Waals surface area contributed by atoms with Gasteiger partial charge >= 0.3 is 0 Å². The highest BCUT2D eigenvalue weighted by molar-refractivity contribution is 7.92. The summed E-state index contributed by atoms with van der Waals surface area (Å²) >= 11 is 0. The van der Waals surface area contributed by atoms with E-state index in [4.69, 9.17) is 4.99 Å². The number of aliphatic imine (C=N–C) groups is 1. The lowest BCUT2D eigenvalue weighted by Gasteiger charge is -2.34. The van der Waals surface area contributed by atoms with Crippen LogP contribution in [0.3, 0.4) is 0 Å². The number of benzene rings is 1. The van der Waals surface area contributed by atoms with Gasteiger partial charge in [-0.05, 0) is 49.8 Å². The summed E-state index contributed by atoms with van der Waals surface area (Å²) in [5.41, 5.74) is 0.885. The Morgan fingerprint density at radius 2 is 1.82 bits per heavy atom. The number of nitrogens with zero attached hydrogens (tertiary/aromatic N) is 2. The third-order valence-corrected chi connectivity index (χ3v) is 8.75. The number of amides is 2. The number of rotatable bonds is 6. The first-order valence-electron chi connectivity index (χ1n) is 12.1. The lowest BCUT2D eigenvalue weighted by atomic mass is 9.88. The minimum Gasteiger partial charge on any atom is -0.350 e. The molecule has 2 aliphatic heterocycles. The summed E-state index contributed by atoms with van der Waals surface area (Å²) in [7, 11) is -3.61. The Balaban J connectivity index is 1.37. The van der Waals surface area contributed by atoms with Crippen LogP contribution in [0.25, 0.3) is 6.08 Å². The van der Waals surface area contributed by atoms with Crippen LogP contribution >= 0.6 is 0 Å². The zero-order valence-electron chi connectivity index (χ0n) is 19.9. The van der Waals surface area contributed by atoms with Crippen LogP contribution in [0.5, 0.6) is 0 Å². The smallest absolute Gasteiger partial charge is 0.253 e. The highest BCUT2D eigenvalue weighted by Gasteiger charge is 2.48. The first-order valence-corrected chi connectivity index (χ1v) is 13.7. The molecule has 1 saturated carbocycles. The molecule has 1 saturated heterocycles. The Hall–Kier alpha value is -2.52. The van der Waals surface area contributed by atoms with Crippen molar-refractivity contribution in [2.24, 2.45) is 10.9 Å². The molecule has 0 bridgehead atoms. The van der Waals surface area contributed by atoms with Gasteiger partial charge in [-0.3, -0.25) is 14.6 Å². The third-order valence-electron chi connectivity index (χ3n) is 7.19.